The van der Waals surface area contributed by atoms with Crippen molar-refractivity contribution in [2.45, 2.75) is 33.2 Å². The molecule has 0 bridgehead atoms. The second-order valence-corrected chi connectivity index (χ2v) is 7.03. The van der Waals surface area contributed by atoms with Gasteiger partial charge in [0.15, 0.2) is 0 Å². The predicted molar refractivity (Wildman–Crippen MR) is 88.8 cm³/mol. The Morgan fingerprint density at radius 2 is 2.18 bits per heavy atom. The summed E-state index contributed by atoms with van der Waals surface area (Å²) in [6.45, 7) is 8.08. The first-order chi connectivity index (χ1) is 10.3. The van der Waals surface area contributed by atoms with Crippen LogP contribution in [0.2, 0.25) is 0 Å². The number of thiophene rings is 1. The Labute approximate surface area is 131 Å². The summed E-state index contributed by atoms with van der Waals surface area (Å²) in [5.41, 5.74) is 1.34. The number of aromatic nitrogens is 5. The van der Waals surface area contributed by atoms with Gasteiger partial charge in [-0.15, -0.1) is 16.4 Å². The van der Waals surface area contributed by atoms with Crippen LogP contribution in [0.1, 0.15) is 39.2 Å². The molecular formula is C15H17N5OS. The van der Waals surface area contributed by atoms with E-state index in [0.29, 0.717) is 11.2 Å². The normalized spacial score (nSPS) is 13.0. The number of aromatic amines is 1. The van der Waals surface area contributed by atoms with Crippen molar-refractivity contribution < 1.29 is 0 Å². The molecule has 0 aromatic carbocycles. The SMILES string of the molecule is C/C(=C/c1cn(C(C)(C)C)nn1)c1nc2sccc2c(=O)[nH]1. The fraction of sp³-hybridized carbons (Fsp3) is 0.333. The minimum Gasteiger partial charge on any atom is -0.306 e. The third-order valence-electron chi connectivity index (χ3n) is 3.27. The van der Waals surface area contributed by atoms with Gasteiger partial charge in [0.05, 0.1) is 17.1 Å². The van der Waals surface area contributed by atoms with Crippen molar-refractivity contribution in [1.82, 2.24) is 25.0 Å². The van der Waals surface area contributed by atoms with Gasteiger partial charge in [-0.2, -0.15) is 0 Å². The Hall–Kier alpha value is -2.28. The summed E-state index contributed by atoms with van der Waals surface area (Å²) in [5, 5.41) is 10.8. The fourth-order valence-corrected chi connectivity index (χ4v) is 2.78. The van der Waals surface area contributed by atoms with Gasteiger partial charge in [0.2, 0.25) is 0 Å². The van der Waals surface area contributed by atoms with Crippen LogP contribution in [0.15, 0.2) is 22.4 Å². The molecule has 0 aliphatic heterocycles. The lowest BCUT2D eigenvalue weighted by atomic mass is 10.1. The van der Waals surface area contributed by atoms with E-state index in [4.69, 9.17) is 0 Å². The second kappa shape index (κ2) is 5.17. The summed E-state index contributed by atoms with van der Waals surface area (Å²) < 4.78 is 1.81. The van der Waals surface area contributed by atoms with E-state index in [1.807, 2.05) is 29.3 Å². The maximum Gasteiger partial charge on any atom is 0.259 e. The van der Waals surface area contributed by atoms with Crippen molar-refractivity contribution in [3.05, 3.63) is 39.5 Å². The number of fused-ring (bicyclic) bond motifs is 1. The Bertz CT molecular complexity index is 910. The summed E-state index contributed by atoms with van der Waals surface area (Å²) in [5.74, 6) is 0.560. The van der Waals surface area contributed by atoms with Crippen molar-refractivity contribution >= 4 is 33.2 Å². The van der Waals surface area contributed by atoms with Gasteiger partial charge in [-0.3, -0.25) is 4.79 Å². The Morgan fingerprint density at radius 1 is 1.41 bits per heavy atom. The molecule has 3 aromatic rings. The molecule has 0 radical (unpaired) electrons. The molecule has 1 N–H and O–H groups in total. The largest absolute Gasteiger partial charge is 0.306 e. The van der Waals surface area contributed by atoms with Crippen molar-refractivity contribution in [3.8, 4) is 0 Å². The molecule has 3 aromatic heterocycles. The van der Waals surface area contributed by atoms with Crippen LogP contribution in [-0.4, -0.2) is 25.0 Å². The van der Waals surface area contributed by atoms with Gasteiger partial charge in [0.25, 0.3) is 5.56 Å². The first-order valence-electron chi connectivity index (χ1n) is 6.93. The molecule has 7 heteroatoms. The first-order valence-corrected chi connectivity index (χ1v) is 7.81. The highest BCUT2D eigenvalue weighted by Crippen LogP contribution is 2.19. The van der Waals surface area contributed by atoms with Crippen LogP contribution in [0.25, 0.3) is 21.9 Å². The average Bonchev–Trinajstić information content (AvgIpc) is 3.06. The molecule has 0 unspecified atom stereocenters. The minimum absolute atomic E-state index is 0.116. The lowest BCUT2D eigenvalue weighted by molar-refractivity contribution is 0.347. The topological polar surface area (TPSA) is 76.5 Å². The molecule has 0 saturated heterocycles. The number of nitrogens with one attached hydrogen (secondary N) is 1. The van der Waals surface area contributed by atoms with E-state index < -0.39 is 0 Å². The fourth-order valence-electron chi connectivity index (χ4n) is 2.01. The quantitative estimate of drug-likeness (QED) is 0.789. The zero-order valence-corrected chi connectivity index (χ0v) is 13.7. The van der Waals surface area contributed by atoms with Crippen LogP contribution in [0, 0.1) is 0 Å². The molecule has 6 nitrogen and oxygen atoms in total. The maximum absolute atomic E-state index is 12.0. The Kier molecular flexibility index (Phi) is 3.44. The zero-order valence-electron chi connectivity index (χ0n) is 12.9. The third-order valence-corrected chi connectivity index (χ3v) is 4.08. The van der Waals surface area contributed by atoms with E-state index in [2.05, 4.69) is 41.1 Å². The van der Waals surface area contributed by atoms with E-state index in [9.17, 15) is 4.79 Å². The lowest BCUT2D eigenvalue weighted by Crippen LogP contribution is -2.22. The third kappa shape index (κ3) is 2.71. The number of hydrogen-bond acceptors (Lipinski definition) is 5. The van der Waals surface area contributed by atoms with Gasteiger partial charge in [-0.05, 0) is 50.8 Å². The molecule has 0 saturated carbocycles. The summed E-state index contributed by atoms with van der Waals surface area (Å²) in [6, 6.07) is 1.78. The number of hydrogen-bond donors (Lipinski definition) is 1. The van der Waals surface area contributed by atoms with Crippen molar-refractivity contribution in [3.63, 3.8) is 0 Å². The number of allylic oxidation sites excluding steroid dienone is 1. The highest BCUT2D eigenvalue weighted by atomic mass is 32.1. The standard InChI is InChI=1S/C15H17N5OS/c1-9(7-10-8-20(19-18-10)15(2,3)4)12-16-13(21)11-5-6-22-14(11)17-12/h5-8H,1-4H3,(H,16,17,21)/b9-7-. The van der Waals surface area contributed by atoms with Crippen LogP contribution < -0.4 is 5.56 Å². The van der Waals surface area contributed by atoms with E-state index in [1.165, 1.54) is 11.3 Å². The highest BCUT2D eigenvalue weighted by molar-refractivity contribution is 7.16. The van der Waals surface area contributed by atoms with Crippen LogP contribution >= 0.6 is 11.3 Å². The molecule has 0 aliphatic carbocycles. The molecule has 0 amide bonds. The minimum atomic E-state index is -0.118. The molecule has 0 atom stereocenters. The summed E-state index contributed by atoms with van der Waals surface area (Å²) in [6.07, 6.45) is 3.75. The van der Waals surface area contributed by atoms with Gasteiger partial charge in [-0.1, -0.05) is 5.21 Å². The van der Waals surface area contributed by atoms with Gasteiger partial charge in [0, 0.05) is 0 Å². The first kappa shape index (κ1) is 14.6. The summed E-state index contributed by atoms with van der Waals surface area (Å²) in [7, 11) is 0. The highest BCUT2D eigenvalue weighted by Gasteiger charge is 2.14. The molecule has 22 heavy (non-hydrogen) atoms. The van der Waals surface area contributed by atoms with E-state index in [-0.39, 0.29) is 11.1 Å². The maximum atomic E-state index is 12.0. The van der Waals surface area contributed by atoms with Crippen LogP contribution in [0.5, 0.6) is 0 Å². The Balaban J connectivity index is 1.99. The van der Waals surface area contributed by atoms with E-state index in [1.54, 1.807) is 6.07 Å². The molecule has 114 valence electrons. The molecular weight excluding hydrogens is 298 g/mol. The molecule has 3 heterocycles. The predicted octanol–water partition coefficient (Wildman–Crippen LogP) is 2.89. The monoisotopic (exact) mass is 315 g/mol. The summed E-state index contributed by atoms with van der Waals surface area (Å²) in [4.78, 5) is 20.0. The van der Waals surface area contributed by atoms with E-state index in [0.717, 1.165) is 16.1 Å². The Morgan fingerprint density at radius 3 is 2.86 bits per heavy atom. The molecule has 0 fully saturated rings. The summed E-state index contributed by atoms with van der Waals surface area (Å²) >= 11 is 1.46. The van der Waals surface area contributed by atoms with E-state index >= 15 is 0 Å². The second-order valence-electron chi connectivity index (χ2n) is 6.14. The average molecular weight is 315 g/mol. The molecule has 3 rings (SSSR count). The molecule has 0 aliphatic rings. The van der Waals surface area contributed by atoms with Gasteiger partial charge in [0.1, 0.15) is 16.3 Å². The van der Waals surface area contributed by atoms with Gasteiger partial charge >= 0.3 is 0 Å². The van der Waals surface area contributed by atoms with Gasteiger partial charge < -0.3 is 4.98 Å². The van der Waals surface area contributed by atoms with Gasteiger partial charge in [-0.25, -0.2) is 9.67 Å². The van der Waals surface area contributed by atoms with Crippen molar-refractivity contribution in [2.24, 2.45) is 0 Å². The number of rotatable bonds is 2. The smallest absolute Gasteiger partial charge is 0.259 e. The van der Waals surface area contributed by atoms with Crippen LogP contribution in [0.3, 0.4) is 0 Å². The van der Waals surface area contributed by atoms with Crippen molar-refractivity contribution in [1.29, 1.82) is 0 Å². The van der Waals surface area contributed by atoms with Crippen LogP contribution in [0.4, 0.5) is 0 Å². The number of nitrogens with zero attached hydrogens (tertiary/aromatic N) is 4. The van der Waals surface area contributed by atoms with Crippen LogP contribution in [-0.2, 0) is 5.54 Å². The number of H-pyrrole nitrogens is 1. The molecule has 0 spiro atoms. The zero-order chi connectivity index (χ0) is 15.9. The van der Waals surface area contributed by atoms with Crippen molar-refractivity contribution in [2.75, 3.05) is 0 Å². The lowest BCUT2D eigenvalue weighted by Gasteiger charge is -2.17.